The van der Waals surface area contributed by atoms with E-state index in [1.165, 1.54) is 66.8 Å². The van der Waals surface area contributed by atoms with Crippen LogP contribution >= 0.6 is 0 Å². The minimum atomic E-state index is -0.332. The number of fused-ring (bicyclic) bond motifs is 3. The molecule has 0 amide bonds. The lowest BCUT2D eigenvalue weighted by atomic mass is 9.74. The Morgan fingerprint density at radius 3 is 1.33 bits per heavy atom. The molecule has 57 heavy (non-hydrogen) atoms. The number of para-hydroxylation sites is 2. The van der Waals surface area contributed by atoms with E-state index in [0.29, 0.717) is 0 Å². The van der Waals surface area contributed by atoms with E-state index in [2.05, 4.69) is 242 Å². The molecule has 10 rings (SSSR count). The van der Waals surface area contributed by atoms with Crippen molar-refractivity contribution < 1.29 is 0 Å². The first kappa shape index (κ1) is 34.3. The van der Waals surface area contributed by atoms with Crippen LogP contribution in [0.4, 0.5) is 17.1 Å². The predicted molar refractivity (Wildman–Crippen MR) is 240 cm³/mol. The molecule has 270 valence electrons. The van der Waals surface area contributed by atoms with E-state index in [0.717, 1.165) is 22.6 Å². The standard InChI is InChI=1S/C56H41N/c1-56(42-25-9-4-10-26-42)52-34-18-15-32-49(52)50-38-37-43(39-53(50)56)57(54-35-19-16-28-45(54)41-23-7-3-8-24-41)55-36-20-17-33-51(55)48-31-14-13-30-47(48)46-29-12-11-27-44(46)40-21-5-2-6-22-40/h2-39H,1H3. The fourth-order valence-corrected chi connectivity index (χ4v) is 9.08. The van der Waals surface area contributed by atoms with Crippen molar-refractivity contribution in [2.45, 2.75) is 12.3 Å². The molecule has 0 aliphatic heterocycles. The van der Waals surface area contributed by atoms with Crippen molar-refractivity contribution in [2.24, 2.45) is 0 Å². The smallest absolute Gasteiger partial charge is 0.0540 e. The molecule has 1 nitrogen and oxygen atoms in total. The number of benzene rings is 9. The summed E-state index contributed by atoms with van der Waals surface area (Å²) in [7, 11) is 0. The van der Waals surface area contributed by atoms with Crippen molar-refractivity contribution in [3.63, 3.8) is 0 Å². The Kier molecular flexibility index (Phi) is 8.69. The van der Waals surface area contributed by atoms with Gasteiger partial charge in [-0.2, -0.15) is 0 Å². The highest BCUT2D eigenvalue weighted by atomic mass is 15.1. The van der Waals surface area contributed by atoms with Crippen molar-refractivity contribution in [1.29, 1.82) is 0 Å². The van der Waals surface area contributed by atoms with Crippen molar-refractivity contribution >= 4 is 17.1 Å². The molecule has 1 aliphatic carbocycles. The lowest BCUT2D eigenvalue weighted by molar-refractivity contribution is 0.714. The van der Waals surface area contributed by atoms with Gasteiger partial charge in [-0.1, -0.05) is 206 Å². The third-order valence-corrected chi connectivity index (χ3v) is 11.8. The quantitative estimate of drug-likeness (QED) is 0.151. The molecule has 0 aromatic heterocycles. The Morgan fingerprint density at radius 1 is 0.298 bits per heavy atom. The zero-order valence-corrected chi connectivity index (χ0v) is 31.9. The van der Waals surface area contributed by atoms with Crippen LogP contribution in [0, 0.1) is 0 Å². The van der Waals surface area contributed by atoms with Gasteiger partial charge in [0.05, 0.1) is 11.4 Å². The summed E-state index contributed by atoms with van der Waals surface area (Å²) in [5.41, 5.74) is 19.0. The largest absolute Gasteiger partial charge is 0.309 e. The van der Waals surface area contributed by atoms with E-state index in [1.54, 1.807) is 0 Å². The molecule has 0 N–H and O–H groups in total. The van der Waals surface area contributed by atoms with Crippen LogP contribution in [0.1, 0.15) is 23.6 Å². The molecule has 0 saturated carbocycles. The highest BCUT2D eigenvalue weighted by Gasteiger charge is 2.41. The fourth-order valence-electron chi connectivity index (χ4n) is 9.08. The highest BCUT2D eigenvalue weighted by molar-refractivity contribution is 5.99. The summed E-state index contributed by atoms with van der Waals surface area (Å²) in [6.07, 6.45) is 0. The van der Waals surface area contributed by atoms with Crippen LogP contribution in [-0.2, 0) is 5.41 Å². The summed E-state index contributed by atoms with van der Waals surface area (Å²) in [4.78, 5) is 2.49. The highest BCUT2D eigenvalue weighted by Crippen LogP contribution is 2.55. The molecule has 1 heteroatoms. The van der Waals surface area contributed by atoms with E-state index < -0.39 is 0 Å². The third kappa shape index (κ3) is 5.88. The Bertz CT molecular complexity index is 2860. The summed E-state index contributed by atoms with van der Waals surface area (Å²) in [5, 5.41) is 0. The van der Waals surface area contributed by atoms with Gasteiger partial charge in [-0.3, -0.25) is 0 Å². The van der Waals surface area contributed by atoms with Gasteiger partial charge < -0.3 is 4.90 Å². The summed E-state index contributed by atoms with van der Waals surface area (Å²) < 4.78 is 0. The van der Waals surface area contributed by atoms with Gasteiger partial charge in [0.15, 0.2) is 0 Å². The molecule has 0 bridgehead atoms. The molecule has 9 aromatic carbocycles. The van der Waals surface area contributed by atoms with Crippen LogP contribution in [0.3, 0.4) is 0 Å². The maximum atomic E-state index is 2.49. The topological polar surface area (TPSA) is 3.24 Å². The van der Waals surface area contributed by atoms with Crippen LogP contribution in [0.25, 0.3) is 55.6 Å². The van der Waals surface area contributed by atoms with Crippen molar-refractivity contribution in [1.82, 2.24) is 0 Å². The first-order valence-corrected chi connectivity index (χ1v) is 19.8. The monoisotopic (exact) mass is 727 g/mol. The second-order valence-corrected chi connectivity index (χ2v) is 15.0. The van der Waals surface area contributed by atoms with Gasteiger partial charge in [0.1, 0.15) is 0 Å². The van der Waals surface area contributed by atoms with Crippen molar-refractivity contribution in [3.8, 4) is 55.6 Å². The van der Waals surface area contributed by atoms with Crippen LogP contribution in [0.2, 0.25) is 0 Å². The summed E-state index contributed by atoms with van der Waals surface area (Å²) in [5.74, 6) is 0. The predicted octanol–water partition coefficient (Wildman–Crippen LogP) is 15.2. The molecule has 1 unspecified atom stereocenters. The van der Waals surface area contributed by atoms with Gasteiger partial charge in [-0.05, 0) is 92.4 Å². The van der Waals surface area contributed by atoms with E-state index in [9.17, 15) is 0 Å². The van der Waals surface area contributed by atoms with E-state index in [4.69, 9.17) is 0 Å². The maximum absolute atomic E-state index is 2.49. The zero-order valence-electron chi connectivity index (χ0n) is 31.9. The lowest BCUT2D eigenvalue weighted by Gasteiger charge is -2.32. The molecule has 1 atom stereocenters. The Morgan fingerprint density at radius 2 is 0.702 bits per heavy atom. The van der Waals surface area contributed by atoms with Crippen LogP contribution < -0.4 is 4.90 Å². The third-order valence-electron chi connectivity index (χ3n) is 11.8. The Hall–Kier alpha value is -7.22. The van der Waals surface area contributed by atoms with Crippen molar-refractivity contribution in [3.05, 3.63) is 247 Å². The van der Waals surface area contributed by atoms with E-state index in [1.807, 2.05) is 0 Å². The number of hydrogen-bond donors (Lipinski definition) is 0. The second kappa shape index (κ2) is 14.5. The van der Waals surface area contributed by atoms with E-state index in [-0.39, 0.29) is 5.41 Å². The SMILES string of the molecule is CC1(c2ccccc2)c2ccccc2-c2ccc(N(c3ccccc3-c3ccccc3)c3ccccc3-c3ccccc3-c3ccccc3-c3ccccc3)cc21. The number of hydrogen-bond acceptors (Lipinski definition) is 1. The van der Waals surface area contributed by atoms with Gasteiger partial charge in [0.25, 0.3) is 0 Å². The van der Waals surface area contributed by atoms with E-state index >= 15 is 0 Å². The van der Waals surface area contributed by atoms with Gasteiger partial charge in [-0.25, -0.2) is 0 Å². The molecule has 9 aromatic rings. The molecule has 0 spiro atoms. The summed E-state index contributed by atoms with van der Waals surface area (Å²) in [6.45, 7) is 2.40. The molecular weight excluding hydrogens is 687 g/mol. The van der Waals surface area contributed by atoms with Crippen LogP contribution in [0.5, 0.6) is 0 Å². The maximum Gasteiger partial charge on any atom is 0.0540 e. The zero-order chi connectivity index (χ0) is 38.2. The first-order valence-electron chi connectivity index (χ1n) is 19.8. The average molecular weight is 728 g/mol. The summed E-state index contributed by atoms with van der Waals surface area (Å²) in [6, 6.07) is 84.0. The molecule has 0 saturated heterocycles. The lowest BCUT2D eigenvalue weighted by Crippen LogP contribution is -2.23. The first-order chi connectivity index (χ1) is 28.2. The average Bonchev–Trinajstić information content (AvgIpc) is 3.55. The molecular formula is C56H41N. The second-order valence-electron chi connectivity index (χ2n) is 15.0. The number of rotatable bonds is 8. The normalized spacial score (nSPS) is 14.1. The van der Waals surface area contributed by atoms with Gasteiger partial charge >= 0.3 is 0 Å². The van der Waals surface area contributed by atoms with Gasteiger partial charge in [0.2, 0.25) is 0 Å². The number of nitrogens with zero attached hydrogens (tertiary/aromatic N) is 1. The Labute approximate surface area is 335 Å². The van der Waals surface area contributed by atoms with Crippen molar-refractivity contribution in [2.75, 3.05) is 4.90 Å². The van der Waals surface area contributed by atoms with Gasteiger partial charge in [0, 0.05) is 22.2 Å². The molecule has 0 fully saturated rings. The number of anilines is 3. The summed E-state index contributed by atoms with van der Waals surface area (Å²) >= 11 is 0. The van der Waals surface area contributed by atoms with Crippen LogP contribution in [0.15, 0.2) is 231 Å². The molecule has 1 aliphatic rings. The van der Waals surface area contributed by atoms with Crippen LogP contribution in [-0.4, -0.2) is 0 Å². The molecule has 0 heterocycles. The Balaban J connectivity index is 1.23. The fraction of sp³-hybridized carbons (Fsp3) is 0.0357. The minimum absolute atomic E-state index is 0.332. The molecule has 0 radical (unpaired) electrons. The minimum Gasteiger partial charge on any atom is -0.309 e. The van der Waals surface area contributed by atoms with Gasteiger partial charge in [-0.15, -0.1) is 0 Å².